The van der Waals surface area contributed by atoms with Crippen LogP contribution in [0.25, 0.3) is 0 Å². The van der Waals surface area contributed by atoms with Gasteiger partial charge in [0, 0.05) is 37.6 Å². The summed E-state index contributed by atoms with van der Waals surface area (Å²) in [6, 6.07) is 2.31. The van der Waals surface area contributed by atoms with Gasteiger partial charge >= 0.3 is 0 Å². The molecule has 2 N–H and O–H groups in total. The Kier molecular flexibility index (Phi) is 3.11. The van der Waals surface area contributed by atoms with E-state index in [0.717, 1.165) is 30.9 Å². The van der Waals surface area contributed by atoms with E-state index in [1.807, 2.05) is 0 Å². The van der Waals surface area contributed by atoms with E-state index < -0.39 is 0 Å². The van der Waals surface area contributed by atoms with E-state index in [2.05, 4.69) is 32.3 Å². The predicted molar refractivity (Wildman–Crippen MR) is 65.7 cm³/mol. The SMILES string of the molecule is CC1CC(NCCc2ncn[nH]2)CN1C1CC1. The van der Waals surface area contributed by atoms with Crippen LogP contribution >= 0.6 is 0 Å². The highest BCUT2D eigenvalue weighted by Crippen LogP contribution is 2.33. The van der Waals surface area contributed by atoms with Crippen LogP contribution in [0, 0.1) is 0 Å². The highest BCUT2D eigenvalue weighted by molar-refractivity contribution is 4.96. The Bertz CT molecular complexity index is 346. The minimum absolute atomic E-state index is 0.661. The summed E-state index contributed by atoms with van der Waals surface area (Å²) < 4.78 is 0. The predicted octanol–water partition coefficient (Wildman–Crippen LogP) is 0.562. The third-order valence-corrected chi connectivity index (χ3v) is 3.90. The molecule has 5 heteroatoms. The molecule has 1 aliphatic heterocycles. The Morgan fingerprint density at radius 1 is 1.53 bits per heavy atom. The van der Waals surface area contributed by atoms with Crippen molar-refractivity contribution in [3.8, 4) is 0 Å². The zero-order chi connectivity index (χ0) is 11.7. The smallest absolute Gasteiger partial charge is 0.137 e. The molecule has 2 heterocycles. The van der Waals surface area contributed by atoms with E-state index >= 15 is 0 Å². The molecule has 2 atom stereocenters. The number of rotatable bonds is 5. The van der Waals surface area contributed by atoms with Gasteiger partial charge in [-0.3, -0.25) is 10.00 Å². The standard InChI is InChI=1S/C12H21N5/c1-9-6-10(7-17(9)11-2-3-11)13-5-4-12-14-8-15-16-12/h8-11,13H,2-7H2,1H3,(H,14,15,16). The van der Waals surface area contributed by atoms with Crippen molar-refractivity contribution in [2.24, 2.45) is 0 Å². The normalized spacial score (nSPS) is 29.9. The van der Waals surface area contributed by atoms with E-state index in [1.165, 1.54) is 25.8 Å². The summed E-state index contributed by atoms with van der Waals surface area (Å²) >= 11 is 0. The first kappa shape index (κ1) is 11.2. The number of H-pyrrole nitrogens is 1. The van der Waals surface area contributed by atoms with Crippen LogP contribution in [0.4, 0.5) is 0 Å². The molecule has 94 valence electrons. The van der Waals surface area contributed by atoms with Gasteiger partial charge in [-0.05, 0) is 26.2 Å². The Labute approximate surface area is 102 Å². The summed E-state index contributed by atoms with van der Waals surface area (Å²) in [5.41, 5.74) is 0. The topological polar surface area (TPSA) is 56.8 Å². The molecule has 1 aromatic rings. The minimum Gasteiger partial charge on any atom is -0.312 e. The summed E-state index contributed by atoms with van der Waals surface area (Å²) in [6.45, 7) is 4.57. The van der Waals surface area contributed by atoms with E-state index in [9.17, 15) is 0 Å². The maximum Gasteiger partial charge on any atom is 0.137 e. The first-order chi connectivity index (χ1) is 8.33. The number of nitrogens with one attached hydrogen (secondary N) is 2. The first-order valence-corrected chi connectivity index (χ1v) is 6.66. The van der Waals surface area contributed by atoms with Gasteiger partial charge in [-0.2, -0.15) is 5.10 Å². The lowest BCUT2D eigenvalue weighted by molar-refractivity contribution is 0.255. The van der Waals surface area contributed by atoms with Crippen LogP contribution in [0.15, 0.2) is 6.33 Å². The van der Waals surface area contributed by atoms with Gasteiger partial charge in [-0.15, -0.1) is 0 Å². The number of hydrogen-bond donors (Lipinski definition) is 2. The van der Waals surface area contributed by atoms with Crippen LogP contribution in [-0.2, 0) is 6.42 Å². The number of aromatic nitrogens is 3. The minimum atomic E-state index is 0.661. The average Bonchev–Trinajstić information content (AvgIpc) is 2.89. The molecule has 1 saturated heterocycles. The molecular formula is C12H21N5. The first-order valence-electron chi connectivity index (χ1n) is 6.66. The second-order valence-electron chi connectivity index (χ2n) is 5.35. The lowest BCUT2D eigenvalue weighted by Crippen LogP contribution is -2.35. The van der Waals surface area contributed by atoms with Crippen LogP contribution < -0.4 is 5.32 Å². The fourth-order valence-corrected chi connectivity index (χ4v) is 2.87. The molecule has 0 aromatic carbocycles. The van der Waals surface area contributed by atoms with Crippen molar-refractivity contribution in [2.45, 2.75) is 50.7 Å². The van der Waals surface area contributed by atoms with Crippen molar-refractivity contribution in [3.05, 3.63) is 12.2 Å². The van der Waals surface area contributed by atoms with Gasteiger partial charge in [-0.1, -0.05) is 0 Å². The van der Waals surface area contributed by atoms with Gasteiger partial charge in [0.25, 0.3) is 0 Å². The summed E-state index contributed by atoms with van der Waals surface area (Å²) in [7, 11) is 0. The van der Waals surface area contributed by atoms with Crippen LogP contribution in [-0.4, -0.2) is 51.3 Å². The van der Waals surface area contributed by atoms with Crippen molar-refractivity contribution in [1.29, 1.82) is 0 Å². The van der Waals surface area contributed by atoms with Gasteiger partial charge in [0.2, 0.25) is 0 Å². The molecule has 3 rings (SSSR count). The van der Waals surface area contributed by atoms with Gasteiger partial charge in [0.15, 0.2) is 0 Å². The fraction of sp³-hybridized carbons (Fsp3) is 0.833. The monoisotopic (exact) mass is 235 g/mol. The van der Waals surface area contributed by atoms with Crippen LogP contribution in [0.3, 0.4) is 0 Å². The number of aromatic amines is 1. The zero-order valence-corrected chi connectivity index (χ0v) is 10.4. The van der Waals surface area contributed by atoms with E-state index in [1.54, 1.807) is 6.33 Å². The van der Waals surface area contributed by atoms with E-state index in [4.69, 9.17) is 0 Å². The summed E-state index contributed by atoms with van der Waals surface area (Å²) in [5, 5.41) is 10.4. The highest BCUT2D eigenvalue weighted by atomic mass is 15.3. The van der Waals surface area contributed by atoms with Gasteiger partial charge in [0.05, 0.1) is 0 Å². The Balaban J connectivity index is 1.41. The molecule has 1 saturated carbocycles. The van der Waals surface area contributed by atoms with Crippen molar-refractivity contribution < 1.29 is 0 Å². The lowest BCUT2D eigenvalue weighted by atomic mass is 10.2. The van der Waals surface area contributed by atoms with Crippen molar-refractivity contribution in [2.75, 3.05) is 13.1 Å². The molecular weight excluding hydrogens is 214 g/mol. The third-order valence-electron chi connectivity index (χ3n) is 3.90. The zero-order valence-electron chi connectivity index (χ0n) is 10.4. The van der Waals surface area contributed by atoms with Crippen LogP contribution in [0.2, 0.25) is 0 Å². The second kappa shape index (κ2) is 4.74. The average molecular weight is 235 g/mol. The number of hydrogen-bond acceptors (Lipinski definition) is 4. The molecule has 2 aliphatic rings. The molecule has 17 heavy (non-hydrogen) atoms. The summed E-state index contributed by atoms with van der Waals surface area (Å²) in [4.78, 5) is 6.80. The maximum absolute atomic E-state index is 4.13. The molecule has 0 radical (unpaired) electrons. The lowest BCUT2D eigenvalue weighted by Gasteiger charge is -2.19. The van der Waals surface area contributed by atoms with E-state index in [0.29, 0.717) is 6.04 Å². The van der Waals surface area contributed by atoms with Crippen molar-refractivity contribution in [3.63, 3.8) is 0 Å². The third kappa shape index (κ3) is 2.66. The van der Waals surface area contributed by atoms with Crippen LogP contribution in [0.1, 0.15) is 32.0 Å². The second-order valence-corrected chi connectivity index (χ2v) is 5.35. The highest BCUT2D eigenvalue weighted by Gasteiger charge is 2.38. The van der Waals surface area contributed by atoms with Gasteiger partial charge < -0.3 is 5.32 Å². The molecule has 1 aromatic heterocycles. The van der Waals surface area contributed by atoms with Gasteiger partial charge in [0.1, 0.15) is 12.2 Å². The molecule has 2 fully saturated rings. The molecule has 0 spiro atoms. The quantitative estimate of drug-likeness (QED) is 0.783. The van der Waals surface area contributed by atoms with Crippen LogP contribution in [0.5, 0.6) is 0 Å². The van der Waals surface area contributed by atoms with Crippen molar-refractivity contribution >= 4 is 0 Å². The Morgan fingerprint density at radius 3 is 3.12 bits per heavy atom. The Morgan fingerprint density at radius 2 is 2.41 bits per heavy atom. The molecule has 1 aliphatic carbocycles. The number of nitrogens with zero attached hydrogens (tertiary/aromatic N) is 3. The summed E-state index contributed by atoms with van der Waals surface area (Å²) in [6.07, 6.45) is 6.62. The summed E-state index contributed by atoms with van der Waals surface area (Å²) in [5.74, 6) is 0.975. The number of likely N-dealkylation sites (tertiary alicyclic amines) is 1. The molecule has 5 nitrogen and oxygen atoms in total. The Hall–Kier alpha value is -0.940. The molecule has 0 bridgehead atoms. The van der Waals surface area contributed by atoms with E-state index in [-0.39, 0.29) is 0 Å². The maximum atomic E-state index is 4.13. The van der Waals surface area contributed by atoms with Crippen molar-refractivity contribution in [1.82, 2.24) is 25.4 Å². The van der Waals surface area contributed by atoms with Gasteiger partial charge in [-0.25, -0.2) is 4.98 Å². The molecule has 0 amide bonds. The largest absolute Gasteiger partial charge is 0.312 e. The molecule has 2 unspecified atom stereocenters. The fourth-order valence-electron chi connectivity index (χ4n) is 2.87.